The Morgan fingerprint density at radius 1 is 0.839 bits per heavy atom. The molecule has 0 spiro atoms. The van der Waals surface area contributed by atoms with Gasteiger partial charge in [0.05, 0.1) is 20.4 Å². The van der Waals surface area contributed by atoms with Gasteiger partial charge in [-0.2, -0.15) is 0 Å². The van der Waals surface area contributed by atoms with Gasteiger partial charge in [-0.3, -0.25) is 4.79 Å². The average Bonchev–Trinajstić information content (AvgIpc) is 2.68. The molecule has 11 heteroatoms. The number of halogens is 2. The van der Waals surface area contributed by atoms with Crippen molar-refractivity contribution in [3.05, 3.63) is 76.3 Å². The number of nitrogens with one attached hydrogen (secondary N) is 1. The van der Waals surface area contributed by atoms with Crippen molar-refractivity contribution in [3.8, 4) is 11.1 Å². The number of primary sulfonamides is 1. The summed E-state index contributed by atoms with van der Waals surface area (Å²) in [4.78, 5) is 12.6. The number of sulfonamides is 1. The molecule has 0 radical (unpaired) electrons. The van der Waals surface area contributed by atoms with Crippen LogP contribution in [0.2, 0.25) is 10.0 Å². The van der Waals surface area contributed by atoms with Crippen LogP contribution in [-0.4, -0.2) is 29.0 Å². The van der Waals surface area contributed by atoms with Crippen LogP contribution in [0.5, 0.6) is 0 Å². The monoisotopic (exact) mass is 498 g/mol. The molecule has 3 rings (SSSR count). The van der Waals surface area contributed by atoms with Gasteiger partial charge in [-0.25, -0.2) is 22.0 Å². The van der Waals surface area contributed by atoms with Crippen molar-refractivity contribution < 1.29 is 21.6 Å². The van der Waals surface area contributed by atoms with Gasteiger partial charge in [-0.05, 0) is 54.1 Å². The van der Waals surface area contributed by atoms with Crippen molar-refractivity contribution in [2.75, 3.05) is 11.6 Å². The number of anilines is 1. The summed E-state index contributed by atoms with van der Waals surface area (Å²) < 4.78 is 46.1. The highest BCUT2D eigenvalue weighted by molar-refractivity contribution is 7.90. The van der Waals surface area contributed by atoms with Crippen LogP contribution in [0.15, 0.2) is 70.5 Å². The van der Waals surface area contributed by atoms with Crippen LogP contribution in [0.25, 0.3) is 11.1 Å². The van der Waals surface area contributed by atoms with E-state index in [1.165, 1.54) is 30.3 Å². The summed E-state index contributed by atoms with van der Waals surface area (Å²) in [5.41, 5.74) is 1.68. The molecule has 31 heavy (non-hydrogen) atoms. The first-order valence-corrected chi connectivity index (χ1v) is 12.8. The quantitative estimate of drug-likeness (QED) is 0.550. The molecule has 0 heterocycles. The first-order chi connectivity index (χ1) is 14.4. The van der Waals surface area contributed by atoms with Crippen LogP contribution >= 0.6 is 23.2 Å². The standard InChI is InChI=1S/C20H16Cl2N2O5S2/c1-30(26,27)15-7-8-16(19(22)11-15)20(25)24-13-4-9-18(21)17(10-13)12-2-5-14(6-3-12)31(23,28)29/h2-11H,1H3,(H,24,25)(H2,23,28,29). The molecule has 0 aliphatic heterocycles. The summed E-state index contributed by atoms with van der Waals surface area (Å²) in [6, 6.07) is 14.4. The Morgan fingerprint density at radius 2 is 1.45 bits per heavy atom. The highest BCUT2D eigenvalue weighted by Crippen LogP contribution is 2.32. The molecule has 7 nitrogen and oxygen atoms in total. The molecular weight excluding hydrogens is 483 g/mol. The van der Waals surface area contributed by atoms with E-state index in [-0.39, 0.29) is 20.4 Å². The number of carbonyl (C=O) groups is 1. The highest BCUT2D eigenvalue weighted by atomic mass is 35.5. The Labute approximate surface area is 189 Å². The summed E-state index contributed by atoms with van der Waals surface area (Å²) in [5, 5.41) is 8.17. The van der Waals surface area contributed by atoms with Crippen LogP contribution in [0.3, 0.4) is 0 Å². The molecule has 1 amide bonds. The third kappa shape index (κ3) is 5.44. The Hall–Kier alpha value is -2.43. The van der Waals surface area contributed by atoms with Gasteiger partial charge >= 0.3 is 0 Å². The summed E-state index contributed by atoms with van der Waals surface area (Å²) in [5.74, 6) is -0.539. The van der Waals surface area contributed by atoms with Crippen LogP contribution < -0.4 is 10.5 Å². The molecule has 0 saturated carbocycles. The minimum absolute atomic E-state index is 0.00534. The minimum Gasteiger partial charge on any atom is -0.322 e. The minimum atomic E-state index is -3.82. The third-order valence-corrected chi connectivity index (χ3v) is 7.01. The topological polar surface area (TPSA) is 123 Å². The first-order valence-electron chi connectivity index (χ1n) is 8.60. The molecule has 0 aromatic heterocycles. The molecule has 0 bridgehead atoms. The van der Waals surface area contributed by atoms with Gasteiger partial charge in [0, 0.05) is 22.5 Å². The zero-order valence-corrected chi connectivity index (χ0v) is 19.1. The molecule has 0 saturated heterocycles. The van der Waals surface area contributed by atoms with Gasteiger partial charge in [0.15, 0.2) is 9.84 Å². The smallest absolute Gasteiger partial charge is 0.257 e. The van der Waals surface area contributed by atoms with Crippen LogP contribution in [-0.2, 0) is 19.9 Å². The van der Waals surface area contributed by atoms with E-state index in [2.05, 4.69) is 5.32 Å². The fourth-order valence-electron chi connectivity index (χ4n) is 2.76. The lowest BCUT2D eigenvalue weighted by molar-refractivity contribution is 0.102. The second-order valence-corrected chi connectivity index (χ2v) is 11.0. The molecule has 3 aromatic carbocycles. The van der Waals surface area contributed by atoms with Crippen molar-refractivity contribution in [1.82, 2.24) is 0 Å². The average molecular weight is 499 g/mol. The lowest BCUT2D eigenvalue weighted by atomic mass is 10.0. The lowest BCUT2D eigenvalue weighted by Gasteiger charge is -2.11. The molecular formula is C20H16Cl2N2O5S2. The molecule has 0 aliphatic rings. The van der Waals surface area contributed by atoms with E-state index in [0.29, 0.717) is 21.8 Å². The highest BCUT2D eigenvalue weighted by Gasteiger charge is 2.16. The maximum Gasteiger partial charge on any atom is 0.257 e. The Kier molecular flexibility index (Phi) is 6.45. The van der Waals surface area contributed by atoms with E-state index in [1.54, 1.807) is 30.3 Å². The van der Waals surface area contributed by atoms with Gasteiger partial charge < -0.3 is 5.32 Å². The number of hydrogen-bond donors (Lipinski definition) is 2. The molecule has 0 unspecified atom stereocenters. The van der Waals surface area contributed by atoms with E-state index < -0.39 is 25.8 Å². The van der Waals surface area contributed by atoms with Crippen molar-refractivity contribution in [1.29, 1.82) is 0 Å². The van der Waals surface area contributed by atoms with Crippen LogP contribution in [0, 0.1) is 0 Å². The van der Waals surface area contributed by atoms with E-state index in [1.807, 2.05) is 0 Å². The maximum absolute atomic E-state index is 12.6. The molecule has 3 N–H and O–H groups in total. The number of carbonyl (C=O) groups excluding carboxylic acids is 1. The summed E-state index contributed by atoms with van der Waals surface area (Å²) >= 11 is 12.4. The molecule has 3 aromatic rings. The number of amides is 1. The van der Waals surface area contributed by atoms with Crippen LogP contribution in [0.4, 0.5) is 5.69 Å². The second kappa shape index (κ2) is 8.60. The van der Waals surface area contributed by atoms with Gasteiger partial charge in [-0.15, -0.1) is 0 Å². The Balaban J connectivity index is 1.89. The Morgan fingerprint density at radius 3 is 2.00 bits per heavy atom. The fourth-order valence-corrected chi connectivity index (χ4v) is 4.48. The first kappa shape index (κ1) is 23.2. The van der Waals surface area contributed by atoms with E-state index >= 15 is 0 Å². The lowest BCUT2D eigenvalue weighted by Crippen LogP contribution is -2.13. The van der Waals surface area contributed by atoms with Crippen molar-refractivity contribution in [3.63, 3.8) is 0 Å². The van der Waals surface area contributed by atoms with Gasteiger partial charge in [-0.1, -0.05) is 35.3 Å². The third-order valence-electron chi connectivity index (χ3n) is 4.33. The number of rotatable bonds is 5. The number of hydrogen-bond acceptors (Lipinski definition) is 5. The van der Waals surface area contributed by atoms with E-state index in [9.17, 15) is 21.6 Å². The molecule has 162 valence electrons. The molecule has 0 aliphatic carbocycles. The maximum atomic E-state index is 12.6. The largest absolute Gasteiger partial charge is 0.322 e. The predicted molar refractivity (Wildman–Crippen MR) is 121 cm³/mol. The summed E-state index contributed by atoms with van der Waals surface area (Å²) in [6.45, 7) is 0. The zero-order valence-electron chi connectivity index (χ0n) is 16.0. The SMILES string of the molecule is CS(=O)(=O)c1ccc(C(=O)Nc2ccc(Cl)c(-c3ccc(S(N)(=O)=O)cc3)c2)c(Cl)c1. The van der Waals surface area contributed by atoms with Crippen LogP contribution in [0.1, 0.15) is 10.4 Å². The van der Waals surface area contributed by atoms with Crippen molar-refractivity contribution >= 4 is 54.7 Å². The fraction of sp³-hybridized carbons (Fsp3) is 0.0500. The van der Waals surface area contributed by atoms with E-state index in [0.717, 1.165) is 6.26 Å². The Bertz CT molecular complexity index is 1390. The van der Waals surface area contributed by atoms with Gasteiger partial charge in [0.1, 0.15) is 0 Å². The summed E-state index contributed by atoms with van der Waals surface area (Å²) in [6.07, 6.45) is 1.04. The van der Waals surface area contributed by atoms with Crippen molar-refractivity contribution in [2.45, 2.75) is 9.79 Å². The summed E-state index contributed by atoms with van der Waals surface area (Å²) in [7, 11) is -7.28. The number of benzene rings is 3. The molecule has 0 fully saturated rings. The van der Waals surface area contributed by atoms with E-state index in [4.69, 9.17) is 28.3 Å². The molecule has 0 atom stereocenters. The zero-order chi connectivity index (χ0) is 23.0. The number of nitrogens with two attached hydrogens (primary N) is 1. The van der Waals surface area contributed by atoms with Gasteiger partial charge in [0.25, 0.3) is 5.91 Å². The predicted octanol–water partition coefficient (Wildman–Crippen LogP) is 3.96. The van der Waals surface area contributed by atoms with Gasteiger partial charge in [0.2, 0.25) is 10.0 Å². The normalized spacial score (nSPS) is 11.9. The number of sulfone groups is 1. The second-order valence-electron chi connectivity index (χ2n) is 6.63. The van der Waals surface area contributed by atoms with Crippen molar-refractivity contribution in [2.24, 2.45) is 5.14 Å².